The summed E-state index contributed by atoms with van der Waals surface area (Å²) >= 11 is 0. The van der Waals surface area contributed by atoms with Gasteiger partial charge in [-0.2, -0.15) is 0 Å². The summed E-state index contributed by atoms with van der Waals surface area (Å²) in [4.78, 5) is 0. The first-order chi connectivity index (χ1) is 0. The summed E-state index contributed by atoms with van der Waals surface area (Å²) in [6.07, 6.45) is 0. The maximum absolute atomic E-state index is 0. The molecule has 0 atom stereocenters. The smallest absolute Gasteiger partial charge is 1.00 e. The minimum absolute atomic E-state index is 0. The molecule has 1 radical (unpaired) electrons. The van der Waals surface area contributed by atoms with Crippen molar-refractivity contribution in [2.75, 3.05) is 0 Å². The molecule has 0 nitrogen and oxygen atoms in total. The van der Waals surface area contributed by atoms with Crippen LogP contribution in [-0.4, -0.2) is 48.9 Å². The average Bonchev–Trinajstić information content (AvgIpc) is 0. The topological polar surface area (TPSA) is 0 Å². The number of hydrogen-bond donors (Lipinski definition) is 0. The third kappa shape index (κ3) is 196. The Bertz CT molecular complexity index is 14.5. The van der Waals surface area contributed by atoms with Crippen LogP contribution in [0.2, 0.25) is 0 Å². The monoisotopic (exact) mass is 557 g/mol. The molecule has 0 saturated heterocycles. The molecule has 0 aromatic heterocycles. The summed E-state index contributed by atoms with van der Waals surface area (Å²) in [5.74, 6) is 0. The quantitative estimate of drug-likeness (QED) is 0.206. The van der Waals surface area contributed by atoms with Gasteiger partial charge in [0.25, 0.3) is 0 Å². The Hall–Kier alpha value is 3.15. The summed E-state index contributed by atoms with van der Waals surface area (Å²) in [7, 11) is 0. The van der Waals surface area contributed by atoms with Gasteiger partial charge in [-0.1, -0.05) is 0 Å². The molecule has 0 aliphatic rings. The van der Waals surface area contributed by atoms with Gasteiger partial charge in [-0.3, -0.25) is 0 Å². The molecule has 0 heterocycles. The minimum atomic E-state index is 0. The van der Waals surface area contributed by atoms with Gasteiger partial charge in [-0.15, -0.1) is 0 Å². The van der Waals surface area contributed by atoms with Crippen LogP contribution in [-0.2, 0) is 26.2 Å². The molecule has 0 bridgehead atoms. The largest absolute Gasteiger partial charge is 4.00 e. The predicted molar refractivity (Wildman–Crippen MR) is 5.75 cm³/mol. The maximum Gasteiger partial charge on any atom is 4.00 e. The van der Waals surface area contributed by atoms with Crippen molar-refractivity contribution >= 4 is 48.9 Å². The molecular weight excluding hydrogens is 557 g/mol. The molecule has 0 N–H and O–H groups in total. The fourth-order valence-corrected chi connectivity index (χ4v) is 0. The molecule has 0 aromatic carbocycles. The van der Waals surface area contributed by atoms with Crippen LogP contribution in [0.15, 0.2) is 0 Å². The third-order valence-electron chi connectivity index (χ3n) is 0. The van der Waals surface area contributed by atoms with Gasteiger partial charge in [0.05, 0.1) is 0 Å². The Labute approximate surface area is 154 Å². The van der Waals surface area contributed by atoms with Crippen LogP contribution in [0.1, 0.15) is 0 Å². The van der Waals surface area contributed by atoms with E-state index in [1.54, 1.807) is 0 Å². The Morgan fingerprint density at radius 2 is 0.333 bits per heavy atom. The van der Waals surface area contributed by atoms with Crippen molar-refractivity contribution in [3.63, 3.8) is 0 Å². The Morgan fingerprint density at radius 3 is 0.333 bits per heavy atom. The number of halogens is 9. The van der Waals surface area contributed by atoms with Gasteiger partial charge in [0.2, 0.25) is 0 Å². The van der Waals surface area contributed by atoms with Gasteiger partial charge in [0.15, 0.2) is 0 Å². The van der Waals surface area contributed by atoms with E-state index in [1.807, 2.05) is 0 Å². The second-order valence-electron chi connectivity index (χ2n) is 0. The molecule has 0 amide bonds. The molecule has 0 saturated carbocycles. The van der Waals surface area contributed by atoms with Crippen molar-refractivity contribution in [3.8, 4) is 0 Å². The van der Waals surface area contributed by atoms with E-state index in [9.17, 15) is 0 Å². The fourth-order valence-electron chi connectivity index (χ4n) is 0. The van der Waals surface area contributed by atoms with Gasteiger partial charge >= 0.3 is 115 Å². The second kappa shape index (κ2) is 247. The van der Waals surface area contributed by atoms with Crippen molar-refractivity contribution in [2.45, 2.75) is 0 Å². The Balaban J connectivity index is 0. The summed E-state index contributed by atoms with van der Waals surface area (Å²) in [5.41, 5.74) is 0. The van der Waals surface area contributed by atoms with E-state index >= 15 is 0 Å². The Kier molecular flexibility index (Phi) is 6290. The van der Waals surface area contributed by atoms with E-state index in [0.717, 1.165) is 0 Å². The van der Waals surface area contributed by atoms with E-state index in [4.69, 9.17) is 0 Å². The zero-order chi connectivity index (χ0) is 0. The second-order valence-corrected chi connectivity index (χ2v) is 0. The first-order valence-electron chi connectivity index (χ1n) is 0. The molecule has 12 heavy (non-hydrogen) atoms. The first kappa shape index (κ1) is 306. The van der Waals surface area contributed by atoms with E-state index in [-0.39, 0.29) is 157 Å². The van der Waals surface area contributed by atoms with Gasteiger partial charge in [-0.05, 0) is 0 Å². The van der Waals surface area contributed by atoms with Crippen LogP contribution < -0.4 is 42.3 Å². The van der Waals surface area contributed by atoms with Gasteiger partial charge < -0.3 is 42.3 Å². The van der Waals surface area contributed by atoms with E-state index in [0.29, 0.717) is 0 Å². The normalized spacial score (nSPS) is 0. The molecule has 77 valence electrons. The van der Waals surface area contributed by atoms with Crippen LogP contribution in [0.4, 0.5) is 0 Å². The molecule has 0 aliphatic carbocycles. The number of rotatable bonds is 0. The third-order valence-corrected chi connectivity index (χ3v) is 0. The molecule has 0 fully saturated rings. The van der Waals surface area contributed by atoms with Gasteiger partial charge in [0, 0.05) is 0 Å². The molecule has 0 unspecified atom stereocenters. The zero-order valence-corrected chi connectivity index (χ0v) is 14.1. The predicted octanol–water partition coefficient (Wildman–Crippen LogP) is -27.3. The first-order valence-corrected chi connectivity index (χ1v) is 0. The average molecular weight is 557 g/mol. The van der Waals surface area contributed by atoms with Crippen LogP contribution >= 0.6 is 0 Å². The summed E-state index contributed by atoms with van der Waals surface area (Å²) in [6.45, 7) is 0. The molecule has 0 spiro atoms. The van der Waals surface area contributed by atoms with Crippen LogP contribution in [0, 0.1) is 39.9 Å². The molecule has 0 aromatic rings. The summed E-state index contributed by atoms with van der Waals surface area (Å²) < 4.78 is 0. The molecular formula is BaF9GdZr. The van der Waals surface area contributed by atoms with E-state index < -0.39 is 0 Å². The number of hydrogen-bond acceptors (Lipinski definition) is 0. The van der Waals surface area contributed by atoms with Crippen molar-refractivity contribution in [3.05, 3.63) is 0 Å². The minimum Gasteiger partial charge on any atom is -1.00 e. The van der Waals surface area contributed by atoms with Gasteiger partial charge in [-0.25, -0.2) is 0 Å². The van der Waals surface area contributed by atoms with Gasteiger partial charge in [0.1, 0.15) is 0 Å². The standard InChI is InChI=1S/Ba.9FH.Gd.Zr/h;9*1H;;/q+2;;;;;;;;;;+3;+4/p-9. The Morgan fingerprint density at radius 1 is 0.333 bits per heavy atom. The van der Waals surface area contributed by atoms with Crippen LogP contribution in [0.25, 0.3) is 0 Å². The maximum atomic E-state index is 0. The van der Waals surface area contributed by atoms with Crippen molar-refractivity contribution < 1.29 is 108 Å². The van der Waals surface area contributed by atoms with E-state index in [2.05, 4.69) is 0 Å². The SMILES string of the molecule is [Ba+2].[F-].[F-].[F-].[F-].[F-].[F-].[F-].[F-].[F-].[Gd+3].[Zr+4]. The van der Waals surface area contributed by atoms with E-state index in [1.165, 1.54) is 0 Å². The van der Waals surface area contributed by atoms with Crippen molar-refractivity contribution in [2.24, 2.45) is 0 Å². The molecule has 0 aliphatic heterocycles. The molecule has 0 rings (SSSR count). The van der Waals surface area contributed by atoms with Crippen LogP contribution in [0.3, 0.4) is 0 Å². The fraction of sp³-hybridized carbons (Fsp3) is 0. The zero-order valence-electron chi connectivity index (χ0n) is 4.96. The van der Waals surface area contributed by atoms with Crippen molar-refractivity contribution in [1.82, 2.24) is 0 Å². The van der Waals surface area contributed by atoms with Crippen LogP contribution in [0.5, 0.6) is 0 Å². The molecule has 12 heteroatoms. The van der Waals surface area contributed by atoms with Crippen molar-refractivity contribution in [1.29, 1.82) is 0 Å². The summed E-state index contributed by atoms with van der Waals surface area (Å²) in [6, 6.07) is 0. The summed E-state index contributed by atoms with van der Waals surface area (Å²) in [5, 5.41) is 0.